The molecule has 168 valence electrons. The number of carbonyl (C=O) groups is 1. The average molecular weight is 436 g/mol. The van der Waals surface area contributed by atoms with Gasteiger partial charge in [-0.05, 0) is 17.7 Å². The van der Waals surface area contributed by atoms with E-state index in [-0.39, 0.29) is 12.5 Å². The van der Waals surface area contributed by atoms with Gasteiger partial charge in [0.1, 0.15) is 5.75 Å². The van der Waals surface area contributed by atoms with Crippen molar-refractivity contribution in [2.75, 3.05) is 54.1 Å². The third-order valence-electron chi connectivity index (χ3n) is 5.12. The number of benzene rings is 2. The van der Waals surface area contributed by atoms with E-state index >= 15 is 0 Å². The SMILES string of the molecule is COc1cc(OCC(=O)N2CCN(Cc3ccc(F)c(F)c3)CC2)cc(OC)c1OC. The molecule has 0 N–H and O–H groups in total. The topological polar surface area (TPSA) is 60.5 Å². The summed E-state index contributed by atoms with van der Waals surface area (Å²) in [4.78, 5) is 16.4. The highest BCUT2D eigenvalue weighted by Gasteiger charge is 2.22. The Kier molecular flexibility index (Phi) is 7.51. The molecule has 31 heavy (non-hydrogen) atoms. The summed E-state index contributed by atoms with van der Waals surface area (Å²) in [7, 11) is 4.52. The molecule has 0 saturated carbocycles. The highest BCUT2D eigenvalue weighted by Crippen LogP contribution is 2.40. The lowest BCUT2D eigenvalue weighted by Crippen LogP contribution is -2.49. The summed E-state index contributed by atoms with van der Waals surface area (Å²) in [5.74, 6) is -0.0892. The molecule has 2 aromatic carbocycles. The predicted octanol–water partition coefficient (Wildman–Crippen LogP) is 2.71. The van der Waals surface area contributed by atoms with Gasteiger partial charge in [0, 0.05) is 44.9 Å². The number of amides is 1. The molecule has 0 radical (unpaired) electrons. The number of methoxy groups -OCH3 is 3. The van der Waals surface area contributed by atoms with Crippen molar-refractivity contribution in [2.45, 2.75) is 6.54 Å². The predicted molar refractivity (Wildman–Crippen MR) is 110 cm³/mol. The van der Waals surface area contributed by atoms with Gasteiger partial charge in [-0.2, -0.15) is 0 Å². The zero-order valence-corrected chi connectivity index (χ0v) is 17.8. The monoisotopic (exact) mass is 436 g/mol. The molecule has 1 fully saturated rings. The van der Waals surface area contributed by atoms with E-state index in [1.807, 2.05) is 0 Å². The largest absolute Gasteiger partial charge is 0.493 e. The van der Waals surface area contributed by atoms with Gasteiger partial charge in [0.2, 0.25) is 5.75 Å². The first-order valence-corrected chi connectivity index (χ1v) is 9.82. The van der Waals surface area contributed by atoms with Gasteiger partial charge >= 0.3 is 0 Å². The summed E-state index contributed by atoms with van der Waals surface area (Å²) < 4.78 is 48.0. The Morgan fingerprint density at radius 2 is 1.55 bits per heavy atom. The van der Waals surface area contributed by atoms with Crippen LogP contribution in [0, 0.1) is 11.6 Å². The number of hydrogen-bond donors (Lipinski definition) is 0. The molecule has 0 atom stereocenters. The van der Waals surface area contributed by atoms with Gasteiger partial charge < -0.3 is 23.8 Å². The van der Waals surface area contributed by atoms with E-state index in [0.29, 0.717) is 61.3 Å². The normalized spacial score (nSPS) is 14.3. The molecule has 0 spiro atoms. The van der Waals surface area contributed by atoms with Crippen LogP contribution in [0.4, 0.5) is 8.78 Å². The van der Waals surface area contributed by atoms with Gasteiger partial charge in [0.25, 0.3) is 5.91 Å². The Morgan fingerprint density at radius 3 is 2.10 bits per heavy atom. The summed E-state index contributed by atoms with van der Waals surface area (Å²) in [5, 5.41) is 0. The number of hydrogen-bond acceptors (Lipinski definition) is 6. The molecule has 0 bridgehead atoms. The van der Waals surface area contributed by atoms with E-state index < -0.39 is 11.6 Å². The minimum absolute atomic E-state index is 0.123. The first-order valence-electron chi connectivity index (χ1n) is 9.82. The van der Waals surface area contributed by atoms with E-state index in [2.05, 4.69) is 4.90 Å². The molecule has 0 aromatic heterocycles. The highest BCUT2D eigenvalue weighted by molar-refractivity contribution is 5.78. The lowest BCUT2D eigenvalue weighted by molar-refractivity contribution is -0.135. The zero-order valence-electron chi connectivity index (χ0n) is 17.8. The van der Waals surface area contributed by atoms with Crippen LogP contribution < -0.4 is 18.9 Å². The van der Waals surface area contributed by atoms with Gasteiger partial charge in [0.05, 0.1) is 21.3 Å². The van der Waals surface area contributed by atoms with Crippen LogP contribution in [0.1, 0.15) is 5.56 Å². The van der Waals surface area contributed by atoms with Gasteiger partial charge in [-0.1, -0.05) is 6.07 Å². The molecule has 0 aliphatic carbocycles. The van der Waals surface area contributed by atoms with Crippen LogP contribution in [0.2, 0.25) is 0 Å². The zero-order chi connectivity index (χ0) is 22.4. The van der Waals surface area contributed by atoms with E-state index in [1.165, 1.54) is 27.4 Å². The fourth-order valence-corrected chi connectivity index (χ4v) is 3.43. The minimum Gasteiger partial charge on any atom is -0.493 e. The summed E-state index contributed by atoms with van der Waals surface area (Å²) in [6, 6.07) is 7.17. The molecular formula is C22H26F2N2O5. The summed E-state index contributed by atoms with van der Waals surface area (Å²) >= 11 is 0. The van der Waals surface area contributed by atoms with Crippen LogP contribution in [0.15, 0.2) is 30.3 Å². The lowest BCUT2D eigenvalue weighted by Gasteiger charge is -2.34. The fourth-order valence-electron chi connectivity index (χ4n) is 3.43. The standard InChI is InChI=1S/C22H26F2N2O5/c1-28-19-11-16(12-20(29-2)22(19)30-3)31-14-21(27)26-8-6-25(7-9-26)13-15-4-5-17(23)18(24)10-15/h4-5,10-12H,6-9,13-14H2,1-3H3. The second kappa shape index (κ2) is 10.3. The summed E-state index contributed by atoms with van der Waals surface area (Å²) in [5.41, 5.74) is 0.699. The van der Waals surface area contributed by atoms with E-state index in [9.17, 15) is 13.6 Å². The lowest BCUT2D eigenvalue weighted by atomic mass is 10.2. The Hall–Kier alpha value is -3.07. The van der Waals surface area contributed by atoms with E-state index in [4.69, 9.17) is 18.9 Å². The smallest absolute Gasteiger partial charge is 0.260 e. The quantitative estimate of drug-likeness (QED) is 0.634. The molecule has 1 amide bonds. The highest BCUT2D eigenvalue weighted by atomic mass is 19.2. The van der Waals surface area contributed by atoms with Crippen LogP contribution in [0.25, 0.3) is 0 Å². The van der Waals surface area contributed by atoms with Crippen LogP contribution in [0.3, 0.4) is 0 Å². The summed E-state index contributed by atoms with van der Waals surface area (Å²) in [6.07, 6.45) is 0. The first kappa shape index (κ1) is 22.6. The van der Waals surface area contributed by atoms with Crippen molar-refractivity contribution >= 4 is 5.91 Å². The summed E-state index contributed by atoms with van der Waals surface area (Å²) in [6.45, 7) is 2.70. The van der Waals surface area contributed by atoms with E-state index in [0.717, 1.165) is 6.07 Å². The Bertz CT molecular complexity index is 892. The molecule has 7 nitrogen and oxygen atoms in total. The maximum absolute atomic E-state index is 13.4. The number of rotatable bonds is 8. The van der Waals surface area contributed by atoms with Crippen molar-refractivity contribution in [3.05, 3.63) is 47.5 Å². The maximum Gasteiger partial charge on any atom is 0.260 e. The minimum atomic E-state index is -0.855. The average Bonchev–Trinajstić information content (AvgIpc) is 2.79. The van der Waals surface area contributed by atoms with Gasteiger partial charge in [-0.3, -0.25) is 9.69 Å². The van der Waals surface area contributed by atoms with Crippen molar-refractivity contribution in [2.24, 2.45) is 0 Å². The maximum atomic E-state index is 13.4. The molecule has 0 unspecified atom stereocenters. The second-order valence-electron chi connectivity index (χ2n) is 7.06. The Balaban J connectivity index is 1.51. The van der Waals surface area contributed by atoms with Crippen molar-refractivity contribution in [1.29, 1.82) is 0 Å². The van der Waals surface area contributed by atoms with Gasteiger partial charge in [-0.15, -0.1) is 0 Å². The molecule has 3 rings (SSSR count). The first-order chi connectivity index (χ1) is 14.9. The number of ether oxygens (including phenoxy) is 4. The molecule has 1 aliphatic heterocycles. The second-order valence-corrected chi connectivity index (χ2v) is 7.06. The third-order valence-corrected chi connectivity index (χ3v) is 5.12. The molecule has 1 heterocycles. The van der Waals surface area contributed by atoms with Crippen molar-refractivity contribution in [3.63, 3.8) is 0 Å². The van der Waals surface area contributed by atoms with Crippen molar-refractivity contribution < 1.29 is 32.5 Å². The van der Waals surface area contributed by atoms with Crippen molar-refractivity contribution in [1.82, 2.24) is 9.80 Å². The molecule has 1 saturated heterocycles. The van der Waals surface area contributed by atoms with E-state index in [1.54, 1.807) is 23.1 Å². The number of carbonyl (C=O) groups excluding carboxylic acids is 1. The van der Waals surface area contributed by atoms with Crippen LogP contribution in [-0.4, -0.2) is 69.8 Å². The molecular weight excluding hydrogens is 410 g/mol. The van der Waals surface area contributed by atoms with Crippen LogP contribution >= 0.6 is 0 Å². The third kappa shape index (κ3) is 5.55. The number of piperazine rings is 1. The van der Waals surface area contributed by atoms with Crippen LogP contribution in [-0.2, 0) is 11.3 Å². The molecule has 2 aromatic rings. The fraction of sp³-hybridized carbons (Fsp3) is 0.409. The van der Waals surface area contributed by atoms with Crippen LogP contribution in [0.5, 0.6) is 23.0 Å². The van der Waals surface area contributed by atoms with Gasteiger partial charge in [-0.25, -0.2) is 8.78 Å². The molecule has 9 heteroatoms. The Labute approximate surface area is 180 Å². The van der Waals surface area contributed by atoms with Gasteiger partial charge in [0.15, 0.2) is 29.7 Å². The van der Waals surface area contributed by atoms with Crippen molar-refractivity contribution in [3.8, 4) is 23.0 Å². The Morgan fingerprint density at radius 1 is 0.903 bits per heavy atom. The number of halogens is 2. The number of nitrogens with zero attached hydrogens (tertiary/aromatic N) is 2. The molecule has 1 aliphatic rings.